The summed E-state index contributed by atoms with van der Waals surface area (Å²) in [5.41, 5.74) is 5.61. The van der Waals surface area contributed by atoms with Gasteiger partial charge >= 0.3 is 0 Å². The fraction of sp³-hybridized carbons (Fsp3) is 0.0435. The summed E-state index contributed by atoms with van der Waals surface area (Å²) < 4.78 is 16.0. The van der Waals surface area contributed by atoms with E-state index in [0.29, 0.717) is 16.9 Å². The number of nitrogens with zero attached hydrogens (tertiary/aromatic N) is 4. The second-order valence-corrected chi connectivity index (χ2v) is 7.58. The van der Waals surface area contributed by atoms with Crippen molar-refractivity contribution >= 4 is 34.1 Å². The van der Waals surface area contributed by atoms with Crippen LogP contribution in [0.15, 0.2) is 71.8 Å². The van der Waals surface area contributed by atoms with E-state index in [4.69, 9.17) is 11.6 Å². The fourth-order valence-electron chi connectivity index (χ4n) is 3.63. The molecule has 0 fully saturated rings. The van der Waals surface area contributed by atoms with Gasteiger partial charge in [0.2, 0.25) is 0 Å². The van der Waals surface area contributed by atoms with Crippen LogP contribution in [0.3, 0.4) is 0 Å². The average Bonchev–Trinajstić information content (AvgIpc) is 3.12. The standard InChI is InChI=1S/C23H15ClFN5O2/c1-13-20(14-6-8-15(25)9-7-14)21-26-12-17-19(30(21)27-13)10-11-29(23(17)32)28-22(31)16-4-2-3-5-18(16)24/h2-12H,1H3,(H,28,31). The number of nitrogens with one attached hydrogen (secondary N) is 1. The molecular formula is C23H15ClFN5O2. The van der Waals surface area contributed by atoms with Gasteiger partial charge in [0.25, 0.3) is 11.5 Å². The summed E-state index contributed by atoms with van der Waals surface area (Å²) in [6.07, 6.45) is 2.90. The molecule has 0 bridgehead atoms. The molecule has 9 heteroatoms. The van der Waals surface area contributed by atoms with E-state index in [0.717, 1.165) is 15.8 Å². The molecule has 0 aliphatic carbocycles. The molecule has 2 aromatic carbocycles. The van der Waals surface area contributed by atoms with Crippen LogP contribution >= 0.6 is 11.6 Å². The van der Waals surface area contributed by atoms with Gasteiger partial charge < -0.3 is 0 Å². The van der Waals surface area contributed by atoms with Crippen LogP contribution in [0.25, 0.3) is 27.7 Å². The largest absolute Gasteiger partial charge is 0.280 e. The molecule has 0 radical (unpaired) electrons. The van der Waals surface area contributed by atoms with E-state index in [1.165, 1.54) is 24.5 Å². The van der Waals surface area contributed by atoms with Gasteiger partial charge in [-0.25, -0.2) is 18.6 Å². The van der Waals surface area contributed by atoms with Gasteiger partial charge in [-0.3, -0.25) is 15.0 Å². The van der Waals surface area contributed by atoms with E-state index in [9.17, 15) is 14.0 Å². The maximum atomic E-state index is 13.3. The second-order valence-electron chi connectivity index (χ2n) is 7.17. The number of carbonyl (C=O) groups is 1. The van der Waals surface area contributed by atoms with E-state index in [-0.39, 0.29) is 21.8 Å². The van der Waals surface area contributed by atoms with Gasteiger partial charge in [-0.1, -0.05) is 35.9 Å². The molecule has 3 aromatic heterocycles. The van der Waals surface area contributed by atoms with Crippen LogP contribution in [-0.4, -0.2) is 25.2 Å². The number of fused-ring (bicyclic) bond motifs is 3. The maximum Gasteiger partial charge on any atom is 0.280 e. The van der Waals surface area contributed by atoms with Crippen LogP contribution in [-0.2, 0) is 0 Å². The quantitative estimate of drug-likeness (QED) is 0.449. The van der Waals surface area contributed by atoms with Gasteiger partial charge in [-0.05, 0) is 42.8 Å². The number of aromatic nitrogens is 4. The molecule has 5 rings (SSSR count). The van der Waals surface area contributed by atoms with Crippen molar-refractivity contribution in [1.82, 2.24) is 19.3 Å². The zero-order valence-electron chi connectivity index (χ0n) is 16.7. The lowest BCUT2D eigenvalue weighted by Gasteiger charge is -2.10. The van der Waals surface area contributed by atoms with Crippen molar-refractivity contribution in [3.8, 4) is 11.1 Å². The van der Waals surface area contributed by atoms with Crippen LogP contribution in [0.2, 0.25) is 5.02 Å². The molecule has 0 aliphatic heterocycles. The third-order valence-electron chi connectivity index (χ3n) is 5.16. The van der Waals surface area contributed by atoms with Gasteiger partial charge in [0.05, 0.1) is 27.2 Å². The summed E-state index contributed by atoms with van der Waals surface area (Å²) in [6.45, 7) is 1.82. The van der Waals surface area contributed by atoms with E-state index in [1.807, 2.05) is 6.92 Å². The van der Waals surface area contributed by atoms with Crippen molar-refractivity contribution in [1.29, 1.82) is 0 Å². The first-order valence-electron chi connectivity index (χ1n) is 9.65. The number of rotatable bonds is 3. The van der Waals surface area contributed by atoms with E-state index in [2.05, 4.69) is 15.5 Å². The first-order chi connectivity index (χ1) is 15.4. The van der Waals surface area contributed by atoms with Gasteiger partial charge in [0.1, 0.15) is 5.82 Å². The third kappa shape index (κ3) is 3.21. The molecule has 3 heterocycles. The Morgan fingerprint density at radius 2 is 1.84 bits per heavy atom. The summed E-state index contributed by atoms with van der Waals surface area (Å²) in [5, 5.41) is 5.09. The zero-order valence-corrected chi connectivity index (χ0v) is 17.5. The van der Waals surface area contributed by atoms with Crippen molar-refractivity contribution in [2.75, 3.05) is 5.43 Å². The lowest BCUT2D eigenvalue weighted by molar-refractivity contribution is 0.101. The molecule has 0 atom stereocenters. The highest BCUT2D eigenvalue weighted by Crippen LogP contribution is 2.28. The van der Waals surface area contributed by atoms with Crippen molar-refractivity contribution in [2.45, 2.75) is 6.92 Å². The van der Waals surface area contributed by atoms with E-state index >= 15 is 0 Å². The predicted molar refractivity (Wildman–Crippen MR) is 120 cm³/mol. The Balaban J connectivity index is 1.61. The lowest BCUT2D eigenvalue weighted by atomic mass is 10.1. The summed E-state index contributed by atoms with van der Waals surface area (Å²) >= 11 is 6.07. The summed E-state index contributed by atoms with van der Waals surface area (Å²) in [7, 11) is 0. The molecule has 0 saturated carbocycles. The lowest BCUT2D eigenvalue weighted by Crippen LogP contribution is -2.33. The highest BCUT2D eigenvalue weighted by atomic mass is 35.5. The Morgan fingerprint density at radius 1 is 1.09 bits per heavy atom. The number of carbonyl (C=O) groups excluding carboxylic acids is 1. The van der Waals surface area contributed by atoms with Crippen LogP contribution in [0.5, 0.6) is 0 Å². The number of hydrogen-bond donors (Lipinski definition) is 1. The number of hydrogen-bond acceptors (Lipinski definition) is 4. The molecule has 158 valence electrons. The van der Waals surface area contributed by atoms with Gasteiger partial charge in [0, 0.05) is 18.0 Å². The first-order valence-corrected chi connectivity index (χ1v) is 10.0. The van der Waals surface area contributed by atoms with Crippen molar-refractivity contribution in [3.05, 3.63) is 99.4 Å². The maximum absolute atomic E-state index is 13.3. The van der Waals surface area contributed by atoms with Crippen molar-refractivity contribution in [2.24, 2.45) is 0 Å². The van der Waals surface area contributed by atoms with Gasteiger partial charge in [-0.2, -0.15) is 5.10 Å². The molecule has 32 heavy (non-hydrogen) atoms. The minimum absolute atomic E-state index is 0.251. The Hall–Kier alpha value is -4.04. The van der Waals surface area contributed by atoms with E-state index < -0.39 is 11.5 Å². The second kappa shape index (κ2) is 7.58. The Bertz CT molecular complexity index is 1570. The normalized spacial score (nSPS) is 11.2. The minimum atomic E-state index is -0.514. The van der Waals surface area contributed by atoms with Crippen LogP contribution in [0.1, 0.15) is 16.1 Å². The van der Waals surface area contributed by atoms with Crippen molar-refractivity contribution < 1.29 is 9.18 Å². The van der Waals surface area contributed by atoms with Gasteiger partial charge in [0.15, 0.2) is 5.65 Å². The zero-order chi connectivity index (χ0) is 22.4. The smallest absolute Gasteiger partial charge is 0.267 e. The molecule has 1 N–H and O–H groups in total. The monoisotopic (exact) mass is 447 g/mol. The molecule has 1 amide bonds. The number of benzene rings is 2. The third-order valence-corrected chi connectivity index (χ3v) is 5.49. The van der Waals surface area contributed by atoms with Crippen LogP contribution in [0.4, 0.5) is 4.39 Å². The molecular weight excluding hydrogens is 433 g/mol. The predicted octanol–water partition coefficient (Wildman–Crippen LogP) is 4.20. The SMILES string of the molecule is Cc1nn2c(ncc3c(=O)n(NC(=O)c4ccccc4Cl)ccc32)c1-c1ccc(F)cc1. The summed E-state index contributed by atoms with van der Waals surface area (Å²) in [4.78, 5) is 30.0. The topological polar surface area (TPSA) is 81.3 Å². The highest BCUT2D eigenvalue weighted by Gasteiger charge is 2.17. The average molecular weight is 448 g/mol. The summed E-state index contributed by atoms with van der Waals surface area (Å²) in [6, 6.07) is 14.3. The molecule has 0 unspecified atom stereocenters. The highest BCUT2D eigenvalue weighted by molar-refractivity contribution is 6.34. The number of amides is 1. The number of pyridine rings is 1. The number of halogens is 2. The first kappa shape index (κ1) is 19.9. The van der Waals surface area contributed by atoms with Crippen molar-refractivity contribution in [3.63, 3.8) is 0 Å². The Kier molecular flexibility index (Phi) is 4.71. The number of aryl methyl sites for hydroxylation is 1. The molecule has 7 nitrogen and oxygen atoms in total. The Morgan fingerprint density at radius 3 is 2.59 bits per heavy atom. The van der Waals surface area contributed by atoms with Crippen LogP contribution < -0.4 is 11.0 Å². The minimum Gasteiger partial charge on any atom is -0.267 e. The van der Waals surface area contributed by atoms with E-state index in [1.54, 1.807) is 47.0 Å². The summed E-state index contributed by atoms with van der Waals surface area (Å²) in [5.74, 6) is -0.847. The van der Waals surface area contributed by atoms with Crippen LogP contribution in [0, 0.1) is 12.7 Å². The molecule has 0 saturated heterocycles. The van der Waals surface area contributed by atoms with Gasteiger partial charge in [-0.15, -0.1) is 0 Å². The fourth-order valence-corrected chi connectivity index (χ4v) is 3.86. The molecule has 0 aliphatic rings. The Labute approximate surface area is 185 Å². The molecule has 5 aromatic rings. The molecule has 0 spiro atoms.